The molecule has 0 saturated carbocycles. The van der Waals surface area contributed by atoms with Crippen molar-refractivity contribution in [3.8, 4) is 0 Å². The fraction of sp³-hybridized carbons (Fsp3) is 0.238. The van der Waals surface area contributed by atoms with Crippen LogP contribution in [0.2, 0.25) is 0 Å². The predicted octanol–water partition coefficient (Wildman–Crippen LogP) is 2.51. The summed E-state index contributed by atoms with van der Waals surface area (Å²) in [6.07, 6.45) is 3.83. The summed E-state index contributed by atoms with van der Waals surface area (Å²) in [6.45, 7) is 8.02. The second-order valence-electron chi connectivity index (χ2n) is 6.97. The monoisotopic (exact) mass is 392 g/mol. The van der Waals surface area contributed by atoms with Gasteiger partial charge >= 0.3 is 5.69 Å². The third-order valence-electron chi connectivity index (χ3n) is 4.42. The maximum absolute atomic E-state index is 12.7. The highest BCUT2D eigenvalue weighted by atomic mass is 16.2. The summed E-state index contributed by atoms with van der Waals surface area (Å²) in [7, 11) is 3.04. The minimum Gasteiger partial charge on any atom is -0.299 e. The molecule has 0 amide bonds. The molecule has 0 spiro atoms. The Bertz CT molecular complexity index is 1240. The van der Waals surface area contributed by atoms with E-state index < -0.39 is 11.2 Å². The molecule has 0 aliphatic heterocycles. The molecule has 3 aromatic rings. The topological polar surface area (TPSA) is 86.2 Å². The zero-order valence-corrected chi connectivity index (χ0v) is 17.0. The van der Waals surface area contributed by atoms with Crippen molar-refractivity contribution in [1.82, 2.24) is 18.7 Å². The summed E-state index contributed by atoms with van der Waals surface area (Å²) in [5.41, 5.74) is 5.34. The van der Waals surface area contributed by atoms with Gasteiger partial charge in [0.05, 0.1) is 5.71 Å². The van der Waals surface area contributed by atoms with Crippen molar-refractivity contribution in [1.29, 1.82) is 0 Å². The van der Waals surface area contributed by atoms with E-state index in [0.29, 0.717) is 23.7 Å². The molecule has 0 unspecified atom stereocenters. The molecule has 29 heavy (non-hydrogen) atoms. The first-order chi connectivity index (χ1) is 13.8. The Kier molecular flexibility index (Phi) is 5.63. The van der Waals surface area contributed by atoms with E-state index in [9.17, 15) is 9.59 Å². The molecule has 150 valence electrons. The third kappa shape index (κ3) is 4.11. The Balaban J connectivity index is 2.02. The van der Waals surface area contributed by atoms with Gasteiger partial charge in [-0.25, -0.2) is 10.2 Å². The lowest BCUT2D eigenvalue weighted by atomic mass is 10.2. The summed E-state index contributed by atoms with van der Waals surface area (Å²) >= 11 is 0. The number of aryl methyl sites for hydroxylation is 1. The largest absolute Gasteiger partial charge is 0.332 e. The Labute approximate surface area is 168 Å². The number of hydrazone groups is 1. The Morgan fingerprint density at radius 1 is 1.17 bits per heavy atom. The molecule has 0 aliphatic rings. The molecule has 8 nitrogen and oxygen atoms in total. The highest BCUT2D eigenvalue weighted by Gasteiger charge is 2.18. The van der Waals surface area contributed by atoms with E-state index in [1.807, 2.05) is 56.3 Å². The molecular formula is C21H24N6O2. The molecule has 0 fully saturated rings. The van der Waals surface area contributed by atoms with Crippen LogP contribution in [0.5, 0.6) is 0 Å². The predicted molar refractivity (Wildman–Crippen MR) is 117 cm³/mol. The van der Waals surface area contributed by atoms with Crippen molar-refractivity contribution in [2.45, 2.75) is 20.4 Å². The van der Waals surface area contributed by atoms with Crippen molar-refractivity contribution < 1.29 is 0 Å². The third-order valence-corrected chi connectivity index (χ3v) is 4.42. The molecule has 0 atom stereocenters. The van der Waals surface area contributed by atoms with Crippen LogP contribution in [0.25, 0.3) is 17.2 Å². The molecule has 0 aliphatic carbocycles. The van der Waals surface area contributed by atoms with E-state index in [2.05, 4.69) is 22.1 Å². The Hall–Kier alpha value is -3.68. The van der Waals surface area contributed by atoms with E-state index in [1.165, 1.54) is 11.6 Å². The number of hydrogen-bond donors (Lipinski definition) is 1. The summed E-state index contributed by atoms with van der Waals surface area (Å²) in [5, 5.41) is 4.35. The number of nitrogens with one attached hydrogen (secondary N) is 1. The number of benzene rings is 1. The SMILES string of the molecule is C=C(C)Cn1c(NN=C(C)C=Cc2ccccc2)nc2c1c(=O)n(C)c(=O)n2C. The smallest absolute Gasteiger partial charge is 0.299 e. The van der Waals surface area contributed by atoms with E-state index >= 15 is 0 Å². The van der Waals surface area contributed by atoms with Gasteiger partial charge in [-0.1, -0.05) is 48.6 Å². The summed E-state index contributed by atoms with van der Waals surface area (Å²) in [6, 6.07) is 9.90. The fourth-order valence-corrected chi connectivity index (χ4v) is 2.91. The van der Waals surface area contributed by atoms with E-state index in [4.69, 9.17) is 0 Å². The van der Waals surface area contributed by atoms with E-state index in [-0.39, 0.29) is 0 Å². The second-order valence-corrected chi connectivity index (χ2v) is 6.97. The standard InChI is InChI=1S/C21H24N6O2/c1-14(2)13-27-17-18(25(4)21(29)26(5)19(17)28)22-20(27)24-23-15(3)11-12-16-9-7-6-8-10-16/h6-12H,1,13H2,2-5H3,(H,22,24). The first kappa shape index (κ1) is 20.1. The lowest BCUT2D eigenvalue weighted by Crippen LogP contribution is -2.37. The number of fused-ring (bicyclic) bond motifs is 1. The molecule has 0 bridgehead atoms. The van der Waals surface area contributed by atoms with Gasteiger partial charge in [0.15, 0.2) is 11.2 Å². The maximum atomic E-state index is 12.7. The average molecular weight is 392 g/mol. The fourth-order valence-electron chi connectivity index (χ4n) is 2.91. The van der Waals surface area contributed by atoms with Gasteiger partial charge < -0.3 is 0 Å². The lowest BCUT2D eigenvalue weighted by Gasteiger charge is -2.09. The molecule has 2 aromatic heterocycles. The molecule has 8 heteroatoms. The number of aromatic nitrogens is 4. The lowest BCUT2D eigenvalue weighted by molar-refractivity contribution is 0.702. The Morgan fingerprint density at radius 3 is 2.52 bits per heavy atom. The zero-order valence-electron chi connectivity index (χ0n) is 17.0. The first-order valence-electron chi connectivity index (χ1n) is 9.13. The van der Waals surface area contributed by atoms with Gasteiger partial charge in [0.2, 0.25) is 5.95 Å². The van der Waals surface area contributed by atoms with Crippen LogP contribution in [0.1, 0.15) is 19.4 Å². The Morgan fingerprint density at radius 2 is 1.86 bits per heavy atom. The van der Waals surface area contributed by atoms with Gasteiger partial charge in [0.25, 0.3) is 5.56 Å². The van der Waals surface area contributed by atoms with Gasteiger partial charge in [-0.2, -0.15) is 10.1 Å². The number of allylic oxidation sites excluding steroid dienone is 2. The quantitative estimate of drug-likeness (QED) is 0.397. The molecule has 0 saturated heterocycles. The average Bonchev–Trinajstić information content (AvgIpc) is 3.06. The van der Waals surface area contributed by atoms with Crippen molar-refractivity contribution in [2.24, 2.45) is 19.2 Å². The highest BCUT2D eigenvalue weighted by molar-refractivity contribution is 5.96. The first-order valence-corrected chi connectivity index (χ1v) is 9.13. The van der Waals surface area contributed by atoms with Gasteiger partial charge in [0.1, 0.15) is 0 Å². The maximum Gasteiger partial charge on any atom is 0.332 e. The number of nitrogens with zero attached hydrogens (tertiary/aromatic N) is 5. The summed E-state index contributed by atoms with van der Waals surface area (Å²) in [4.78, 5) is 29.4. The van der Waals surface area contributed by atoms with Gasteiger partial charge in [-0.3, -0.25) is 18.5 Å². The number of hydrogen-bond acceptors (Lipinski definition) is 5. The van der Waals surface area contributed by atoms with Crippen LogP contribution in [0, 0.1) is 0 Å². The van der Waals surface area contributed by atoms with Gasteiger partial charge in [-0.05, 0) is 25.5 Å². The molecule has 3 rings (SSSR count). The van der Waals surface area contributed by atoms with Crippen LogP contribution in [0.3, 0.4) is 0 Å². The van der Waals surface area contributed by atoms with Gasteiger partial charge in [-0.15, -0.1) is 0 Å². The van der Waals surface area contributed by atoms with Gasteiger partial charge in [0, 0.05) is 20.6 Å². The van der Waals surface area contributed by atoms with Crippen LogP contribution in [0.4, 0.5) is 5.95 Å². The second kappa shape index (κ2) is 8.14. The van der Waals surface area contributed by atoms with E-state index in [0.717, 1.165) is 21.4 Å². The minimum absolute atomic E-state index is 0.300. The van der Waals surface area contributed by atoms with Crippen LogP contribution in [-0.2, 0) is 20.6 Å². The molecule has 0 radical (unpaired) electrons. The molecule has 1 N–H and O–H groups in total. The zero-order chi connectivity index (χ0) is 21.1. The normalized spacial score (nSPS) is 12.1. The number of rotatable bonds is 6. The van der Waals surface area contributed by atoms with Crippen molar-refractivity contribution in [2.75, 3.05) is 5.43 Å². The highest BCUT2D eigenvalue weighted by Crippen LogP contribution is 2.17. The number of anilines is 1. The van der Waals surface area contributed by atoms with Crippen molar-refractivity contribution >= 4 is 28.9 Å². The minimum atomic E-state index is -0.431. The van der Waals surface area contributed by atoms with Crippen LogP contribution >= 0.6 is 0 Å². The van der Waals surface area contributed by atoms with Crippen LogP contribution in [0.15, 0.2) is 63.3 Å². The molecule has 2 heterocycles. The van der Waals surface area contributed by atoms with Crippen molar-refractivity contribution in [3.05, 3.63) is 75.0 Å². The van der Waals surface area contributed by atoms with Crippen LogP contribution < -0.4 is 16.7 Å². The van der Waals surface area contributed by atoms with E-state index in [1.54, 1.807) is 11.6 Å². The molecule has 1 aromatic carbocycles. The number of imidazole rings is 1. The summed E-state index contributed by atoms with van der Waals surface area (Å²) in [5.74, 6) is 0.369. The van der Waals surface area contributed by atoms with Crippen molar-refractivity contribution in [3.63, 3.8) is 0 Å². The molecular weight excluding hydrogens is 368 g/mol. The summed E-state index contributed by atoms with van der Waals surface area (Å²) < 4.78 is 4.11. The van der Waals surface area contributed by atoms with Crippen LogP contribution in [-0.4, -0.2) is 24.4 Å².